The van der Waals surface area contributed by atoms with E-state index in [1.54, 1.807) is 24.1 Å². The van der Waals surface area contributed by atoms with Gasteiger partial charge in [-0.15, -0.1) is 0 Å². The number of hydrogen-bond donors (Lipinski definition) is 1. The minimum atomic E-state index is -0.967. The largest absolute Gasteiger partial charge is 0.338 e. The highest BCUT2D eigenvalue weighted by Crippen LogP contribution is 2.56. The number of anilines is 1. The highest BCUT2D eigenvalue weighted by molar-refractivity contribution is 6.31. The lowest BCUT2D eigenvalue weighted by molar-refractivity contribution is -0.141. The third-order valence-electron chi connectivity index (χ3n) is 6.57. The smallest absolute Gasteiger partial charge is 0.238 e. The van der Waals surface area contributed by atoms with E-state index in [0.29, 0.717) is 15.7 Å². The van der Waals surface area contributed by atoms with Crippen molar-refractivity contribution in [3.05, 3.63) is 75.3 Å². The van der Waals surface area contributed by atoms with Crippen LogP contribution in [0.15, 0.2) is 54.1 Å². The number of halogens is 2. The van der Waals surface area contributed by atoms with E-state index < -0.39 is 11.5 Å². The molecule has 0 saturated carbocycles. The molecule has 156 valence electrons. The molecule has 2 aliphatic heterocycles. The Morgan fingerprint density at radius 3 is 2.60 bits per heavy atom. The fraction of sp³-hybridized carbons (Fsp3) is 0.333. The van der Waals surface area contributed by atoms with Crippen molar-refractivity contribution in [3.8, 4) is 0 Å². The number of allylic oxidation sites excluding steroid dienone is 1. The second-order valence-electron chi connectivity index (χ2n) is 7.95. The number of fused-ring (bicyclic) bond motifs is 2. The molecule has 0 bridgehead atoms. The number of nitrogens with one attached hydrogen (secondary N) is 1. The first-order valence-corrected chi connectivity index (χ1v) is 10.9. The van der Waals surface area contributed by atoms with E-state index in [0.717, 1.165) is 23.1 Å². The summed E-state index contributed by atoms with van der Waals surface area (Å²) in [5.74, 6) is -0.450. The Morgan fingerprint density at radius 2 is 1.93 bits per heavy atom. The van der Waals surface area contributed by atoms with E-state index in [-0.39, 0.29) is 24.2 Å². The normalized spacial score (nSPS) is 26.2. The van der Waals surface area contributed by atoms with Crippen molar-refractivity contribution in [2.24, 2.45) is 0 Å². The quantitative estimate of drug-likeness (QED) is 0.632. The molecule has 3 unspecified atom stereocenters. The van der Waals surface area contributed by atoms with Crippen LogP contribution in [-0.4, -0.2) is 29.8 Å². The molecule has 2 aliphatic rings. The van der Waals surface area contributed by atoms with Gasteiger partial charge in [-0.2, -0.15) is 0 Å². The topological polar surface area (TPSA) is 49.4 Å². The Balaban J connectivity index is 2.06. The Hall–Kier alpha value is -2.30. The van der Waals surface area contributed by atoms with E-state index in [2.05, 4.69) is 12.2 Å². The molecule has 1 N–H and O–H groups in total. The lowest BCUT2D eigenvalue weighted by Gasteiger charge is -2.51. The van der Waals surface area contributed by atoms with Crippen LogP contribution in [0.3, 0.4) is 0 Å². The number of carbonyl (C=O) groups is 2. The molecule has 0 aliphatic carbocycles. The van der Waals surface area contributed by atoms with Crippen LogP contribution in [0.5, 0.6) is 0 Å². The zero-order valence-electron chi connectivity index (χ0n) is 17.2. The second-order valence-corrected chi connectivity index (χ2v) is 8.82. The third-order valence-corrected chi connectivity index (χ3v) is 7.04. The van der Waals surface area contributed by atoms with Crippen molar-refractivity contribution in [1.29, 1.82) is 0 Å². The number of carbonyl (C=O) groups excluding carboxylic acids is 2. The minimum Gasteiger partial charge on any atom is -0.338 e. The monoisotopic (exact) mass is 442 g/mol. The van der Waals surface area contributed by atoms with Gasteiger partial charge in [-0.05, 0) is 48.7 Å². The highest BCUT2D eigenvalue weighted by Gasteiger charge is 2.62. The van der Waals surface area contributed by atoms with Crippen molar-refractivity contribution in [1.82, 2.24) is 4.90 Å². The van der Waals surface area contributed by atoms with Crippen molar-refractivity contribution < 1.29 is 9.59 Å². The average molecular weight is 443 g/mol. The maximum absolute atomic E-state index is 13.8. The molecule has 1 fully saturated rings. The van der Waals surface area contributed by atoms with Crippen LogP contribution in [0.25, 0.3) is 0 Å². The zero-order chi connectivity index (χ0) is 21.6. The van der Waals surface area contributed by atoms with Gasteiger partial charge in [0.05, 0.1) is 6.04 Å². The van der Waals surface area contributed by atoms with Gasteiger partial charge in [-0.25, -0.2) is 0 Å². The van der Waals surface area contributed by atoms with Gasteiger partial charge in [-0.3, -0.25) is 9.59 Å². The van der Waals surface area contributed by atoms with Crippen LogP contribution in [-0.2, 0) is 15.0 Å². The predicted molar refractivity (Wildman–Crippen MR) is 121 cm³/mol. The molecule has 2 heterocycles. The first kappa shape index (κ1) is 21.0. The summed E-state index contributed by atoms with van der Waals surface area (Å²) in [6.45, 7) is 4.02. The van der Waals surface area contributed by atoms with E-state index >= 15 is 0 Å². The molecule has 30 heavy (non-hydrogen) atoms. The Labute approximate surface area is 186 Å². The van der Waals surface area contributed by atoms with Gasteiger partial charge in [0, 0.05) is 35.1 Å². The average Bonchev–Trinajstić information content (AvgIpc) is 2.99. The summed E-state index contributed by atoms with van der Waals surface area (Å²) in [5, 5.41) is 4.20. The number of amides is 2. The van der Waals surface area contributed by atoms with Crippen LogP contribution in [0.4, 0.5) is 5.69 Å². The molecular weight excluding hydrogens is 419 g/mol. The summed E-state index contributed by atoms with van der Waals surface area (Å²) in [5.41, 5.74) is 2.55. The number of piperidine rings is 1. The minimum absolute atomic E-state index is 0.0126. The Bertz CT molecular complexity index is 1060. The maximum Gasteiger partial charge on any atom is 0.238 e. The number of rotatable bonds is 3. The number of likely N-dealkylation sites (N-methyl/N-ethyl adjacent to an activating group) is 1. The van der Waals surface area contributed by atoms with Gasteiger partial charge >= 0.3 is 0 Å². The molecular formula is C24H24Cl2N2O2. The lowest BCUT2D eigenvalue weighted by atomic mass is 9.58. The maximum atomic E-state index is 13.8. The van der Waals surface area contributed by atoms with Gasteiger partial charge in [0.2, 0.25) is 11.8 Å². The summed E-state index contributed by atoms with van der Waals surface area (Å²) < 4.78 is 0. The van der Waals surface area contributed by atoms with Crippen molar-refractivity contribution in [3.63, 3.8) is 0 Å². The van der Waals surface area contributed by atoms with Gasteiger partial charge in [0.25, 0.3) is 0 Å². The van der Waals surface area contributed by atoms with E-state index in [4.69, 9.17) is 23.2 Å². The van der Waals surface area contributed by atoms with E-state index in [1.807, 2.05) is 43.3 Å². The summed E-state index contributed by atoms with van der Waals surface area (Å²) in [6.07, 6.45) is 2.99. The molecule has 1 saturated heterocycles. The summed E-state index contributed by atoms with van der Waals surface area (Å²) in [7, 11) is 1.79. The Morgan fingerprint density at radius 1 is 1.20 bits per heavy atom. The molecule has 4 nitrogen and oxygen atoms in total. The SMILES string of the molecule is CC=C(CC)C1N(C)C(=O)CC(c2cccc(Cl)c2)C12C(=O)Nc1cc(Cl)ccc12. The molecule has 0 aromatic heterocycles. The first-order chi connectivity index (χ1) is 14.3. The van der Waals surface area contributed by atoms with Crippen molar-refractivity contribution >= 4 is 40.7 Å². The van der Waals surface area contributed by atoms with Crippen LogP contribution in [0.2, 0.25) is 10.0 Å². The van der Waals surface area contributed by atoms with E-state index in [1.165, 1.54) is 0 Å². The van der Waals surface area contributed by atoms with Gasteiger partial charge < -0.3 is 10.2 Å². The van der Waals surface area contributed by atoms with Crippen molar-refractivity contribution in [2.75, 3.05) is 12.4 Å². The standard InChI is InChI=1S/C24H24Cl2N2O2/c1-4-14(5-2)22-24(18-10-9-17(26)12-20(18)27-23(24)30)19(13-21(29)28(22)3)15-7-6-8-16(25)11-15/h4,6-12,19,22H,5,13H2,1-3H3,(H,27,30). The summed E-state index contributed by atoms with van der Waals surface area (Å²) >= 11 is 12.5. The first-order valence-electron chi connectivity index (χ1n) is 10.1. The number of nitrogens with zero attached hydrogens (tertiary/aromatic N) is 1. The van der Waals surface area contributed by atoms with Crippen LogP contribution in [0, 0.1) is 0 Å². The zero-order valence-corrected chi connectivity index (χ0v) is 18.7. The van der Waals surface area contributed by atoms with Crippen LogP contribution in [0.1, 0.15) is 43.7 Å². The van der Waals surface area contributed by atoms with Crippen LogP contribution < -0.4 is 5.32 Å². The van der Waals surface area contributed by atoms with Crippen LogP contribution >= 0.6 is 23.2 Å². The number of likely N-dealkylation sites (tertiary alicyclic amines) is 1. The number of hydrogen-bond acceptors (Lipinski definition) is 2. The van der Waals surface area contributed by atoms with Gasteiger partial charge in [0.1, 0.15) is 5.41 Å². The molecule has 3 atom stereocenters. The molecule has 2 aromatic carbocycles. The fourth-order valence-corrected chi connectivity index (χ4v) is 5.64. The molecule has 2 aromatic rings. The number of benzene rings is 2. The highest BCUT2D eigenvalue weighted by atomic mass is 35.5. The Kier molecular flexibility index (Phi) is 5.41. The molecule has 4 rings (SSSR count). The van der Waals surface area contributed by atoms with Gasteiger partial charge in [-0.1, -0.05) is 60.0 Å². The summed E-state index contributed by atoms with van der Waals surface area (Å²) in [6, 6.07) is 12.6. The van der Waals surface area contributed by atoms with Crippen molar-refractivity contribution in [2.45, 2.75) is 44.1 Å². The van der Waals surface area contributed by atoms with E-state index in [9.17, 15) is 9.59 Å². The molecule has 6 heteroatoms. The third kappa shape index (κ3) is 2.97. The summed E-state index contributed by atoms with van der Waals surface area (Å²) in [4.78, 5) is 28.7. The molecule has 1 spiro atoms. The molecule has 0 radical (unpaired) electrons. The fourth-order valence-electron chi connectivity index (χ4n) is 5.27. The predicted octanol–water partition coefficient (Wildman–Crippen LogP) is 5.55. The lowest BCUT2D eigenvalue weighted by Crippen LogP contribution is -2.62. The second kappa shape index (κ2) is 7.75. The van der Waals surface area contributed by atoms with Gasteiger partial charge in [0.15, 0.2) is 0 Å². The molecule has 2 amide bonds.